The highest BCUT2D eigenvalue weighted by Crippen LogP contribution is 2.29. The Balaban J connectivity index is -0.000000719. The van der Waals surface area contributed by atoms with Crippen molar-refractivity contribution < 1.29 is 4.42 Å². The summed E-state index contributed by atoms with van der Waals surface area (Å²) in [5, 5.41) is 9.82. The lowest BCUT2D eigenvalue weighted by atomic mass is 10.2. The van der Waals surface area contributed by atoms with E-state index in [1.807, 2.05) is 161 Å². The van der Waals surface area contributed by atoms with Crippen LogP contribution in [0.25, 0.3) is 65.6 Å². The molecule has 10 rings (SSSR count). The summed E-state index contributed by atoms with van der Waals surface area (Å²) in [4.78, 5) is 1.38. The lowest BCUT2D eigenvalue weighted by molar-refractivity contribution is 0.669. The summed E-state index contributed by atoms with van der Waals surface area (Å²) in [5.41, 5.74) is 7.12. The Morgan fingerprint density at radius 2 is 0.523 bits per heavy atom. The summed E-state index contributed by atoms with van der Waals surface area (Å²) in [6.45, 7) is 38.1. The fourth-order valence-corrected chi connectivity index (χ4v) is 6.80. The number of fused-ring (bicyclic) bond motifs is 9. The van der Waals surface area contributed by atoms with Gasteiger partial charge in [-0.2, -0.15) is 0 Å². The summed E-state index contributed by atoms with van der Waals surface area (Å²) >= 11 is 1.78. The fraction of sp³-hybridized carbons (Fsp3) is 0.344. The van der Waals surface area contributed by atoms with Crippen LogP contribution in [0.4, 0.5) is 0 Å². The Morgan fingerprint density at radius 3 is 0.738 bits per heavy atom. The Morgan fingerprint density at radius 1 is 0.292 bits per heavy atom. The molecule has 10 aromatic rings. The highest BCUT2D eigenvalue weighted by Gasteiger charge is 2.06. The number of hydrogen-bond acceptors (Lipinski definition) is 2. The van der Waals surface area contributed by atoms with Gasteiger partial charge in [-0.15, -0.1) is 11.3 Å². The third-order valence-electron chi connectivity index (χ3n) is 8.59. The largest absolute Gasteiger partial charge is 0.456 e. The van der Waals surface area contributed by atoms with Crippen molar-refractivity contribution in [3.05, 3.63) is 168 Å². The van der Waals surface area contributed by atoms with Gasteiger partial charge < -0.3 is 13.6 Å². The second kappa shape index (κ2) is 41.1. The first-order chi connectivity index (χ1) is 32.1. The van der Waals surface area contributed by atoms with Gasteiger partial charge in [-0.25, -0.2) is 0 Å². The molecule has 0 aliphatic carbocycles. The van der Waals surface area contributed by atoms with Crippen LogP contribution in [-0.4, -0.2) is 9.13 Å². The minimum absolute atomic E-state index is 0.962. The fourth-order valence-electron chi connectivity index (χ4n) is 6.27. The quantitative estimate of drug-likeness (QED) is 0.149. The van der Waals surface area contributed by atoms with E-state index in [4.69, 9.17) is 4.42 Å². The van der Waals surface area contributed by atoms with E-state index in [0.717, 1.165) is 11.2 Å². The lowest BCUT2D eigenvalue weighted by Crippen LogP contribution is -1.84. The molecule has 65 heavy (non-hydrogen) atoms. The molecule has 0 aliphatic heterocycles. The molecule has 4 heterocycles. The van der Waals surface area contributed by atoms with E-state index in [2.05, 4.69) is 157 Å². The second-order valence-electron chi connectivity index (χ2n) is 11.5. The van der Waals surface area contributed by atoms with Crippen LogP contribution < -0.4 is 0 Å². The maximum absolute atomic E-state index is 5.65. The number of benzene rings is 6. The van der Waals surface area contributed by atoms with Gasteiger partial charge in [0.05, 0.1) is 0 Å². The predicted octanol–water partition coefficient (Wildman–Crippen LogP) is 21.5. The Hall–Kier alpha value is -5.58. The maximum Gasteiger partial charge on any atom is 0.135 e. The topological polar surface area (TPSA) is 23.0 Å². The van der Waals surface area contributed by atoms with Crippen LogP contribution in [0.5, 0.6) is 0 Å². The van der Waals surface area contributed by atoms with Crippen molar-refractivity contribution in [2.45, 2.75) is 132 Å². The van der Waals surface area contributed by atoms with Crippen molar-refractivity contribution in [3.8, 4) is 0 Å². The first kappa shape index (κ1) is 63.7. The molecule has 0 bridgehead atoms. The van der Waals surface area contributed by atoms with Crippen LogP contribution >= 0.6 is 11.3 Å². The van der Waals surface area contributed by atoms with Crippen molar-refractivity contribution in [3.63, 3.8) is 0 Å². The molecule has 0 spiro atoms. The molecule has 0 saturated heterocycles. The van der Waals surface area contributed by atoms with E-state index >= 15 is 0 Å². The number of para-hydroxylation sites is 6. The molecule has 4 aromatic heterocycles. The number of thiophene rings is 1. The Kier molecular flexibility index (Phi) is 40.3. The van der Waals surface area contributed by atoms with Gasteiger partial charge in [0.25, 0.3) is 0 Å². The van der Waals surface area contributed by atoms with Crippen molar-refractivity contribution in [1.82, 2.24) is 9.13 Å². The monoisotopic (exact) mass is 899 g/mol. The first-order valence-corrected chi connectivity index (χ1v) is 25.7. The van der Waals surface area contributed by atoms with E-state index in [-0.39, 0.29) is 0 Å². The molecule has 0 saturated carbocycles. The predicted molar refractivity (Wildman–Crippen MR) is 306 cm³/mol. The summed E-state index contributed by atoms with van der Waals surface area (Å²) < 4.78 is 10.1. The summed E-state index contributed by atoms with van der Waals surface area (Å²) in [7, 11) is 4.23. The van der Waals surface area contributed by atoms with Gasteiger partial charge in [-0.05, 0) is 54.8 Å². The Bertz CT molecular complexity index is 2300. The van der Waals surface area contributed by atoms with Gasteiger partial charge in [0.15, 0.2) is 0 Å². The van der Waals surface area contributed by atoms with Gasteiger partial charge in [0, 0.05) is 73.4 Å². The third-order valence-corrected chi connectivity index (χ3v) is 9.39. The lowest BCUT2D eigenvalue weighted by Gasteiger charge is -1.95. The second-order valence-corrected chi connectivity index (χ2v) is 12.7. The molecule has 0 radical (unpaired) electrons. The summed E-state index contributed by atoms with van der Waals surface area (Å²) in [6.07, 6.45) is 0. The number of rotatable bonds is 0. The van der Waals surface area contributed by atoms with E-state index in [1.54, 1.807) is 11.3 Å². The highest BCUT2D eigenvalue weighted by molar-refractivity contribution is 7.09. The zero-order chi connectivity index (χ0) is 50.2. The van der Waals surface area contributed by atoms with Crippen molar-refractivity contribution in [2.75, 3.05) is 0 Å². The van der Waals surface area contributed by atoms with Crippen molar-refractivity contribution in [1.29, 1.82) is 0 Å². The average molecular weight is 899 g/mol. The molecule has 0 atom stereocenters. The van der Waals surface area contributed by atoms with E-state index in [0.29, 0.717) is 0 Å². The first-order valence-electron chi connectivity index (χ1n) is 24.8. The zero-order valence-corrected chi connectivity index (χ0v) is 45.6. The van der Waals surface area contributed by atoms with Gasteiger partial charge >= 0.3 is 0 Å². The minimum atomic E-state index is 0.962. The van der Waals surface area contributed by atoms with Crippen LogP contribution in [0, 0.1) is 6.92 Å². The van der Waals surface area contributed by atoms with Gasteiger partial charge in [0.2, 0.25) is 0 Å². The molecule has 0 N–H and O–H groups in total. The minimum Gasteiger partial charge on any atom is -0.456 e. The number of aromatic nitrogens is 2. The number of aryl methyl sites for hydroxylation is 3. The molecular formula is C61H90N2OS. The third kappa shape index (κ3) is 18.8. The number of hydrogen-bond donors (Lipinski definition) is 0. The normalized spacial score (nSPS) is 8.69. The van der Waals surface area contributed by atoms with Gasteiger partial charge in [-0.3, -0.25) is 0 Å². The SMILES string of the molecule is CC.CC.CC.CC.CC.CC.CC.CC.CC.Cc1cccs1.Cn1c2ccccc2c2ccccc21.Cn1c2ccccc2c2ccccc21.c1ccc2c(c1)oc1ccccc12. The summed E-state index contributed by atoms with van der Waals surface area (Å²) in [5.74, 6) is 0. The molecule has 0 amide bonds. The van der Waals surface area contributed by atoms with Crippen LogP contribution in [0.3, 0.4) is 0 Å². The molecule has 6 aromatic carbocycles. The van der Waals surface area contributed by atoms with E-state index < -0.39 is 0 Å². The van der Waals surface area contributed by atoms with Gasteiger partial charge in [0.1, 0.15) is 11.2 Å². The molecular weight excluding hydrogens is 809 g/mol. The standard InChI is InChI=1S/2C13H11N.C12H8O.C5H6S.9C2H6/c2*1-14-12-8-4-2-6-10(12)11-7-3-5-9-13(11)14;1-3-7-11-9(5-1)10-6-2-4-8-12(10)13-11;1-5-3-2-4-6-5;9*1-2/h2*2-9H,1H3;1-8H;2-4H,1H3;9*1-2H3. The molecule has 0 unspecified atom stereocenters. The summed E-state index contributed by atoms with van der Waals surface area (Å²) in [6, 6.07) is 54.4. The smallest absolute Gasteiger partial charge is 0.135 e. The zero-order valence-electron chi connectivity index (χ0n) is 44.8. The van der Waals surface area contributed by atoms with Crippen molar-refractivity contribution in [2.24, 2.45) is 14.1 Å². The van der Waals surface area contributed by atoms with E-state index in [9.17, 15) is 0 Å². The highest BCUT2D eigenvalue weighted by atomic mass is 32.1. The molecule has 4 heteroatoms. The number of nitrogens with zero attached hydrogens (tertiary/aromatic N) is 2. The van der Waals surface area contributed by atoms with Crippen molar-refractivity contribution >= 4 is 76.9 Å². The molecule has 3 nitrogen and oxygen atoms in total. The molecule has 0 fully saturated rings. The molecule has 0 aliphatic rings. The van der Waals surface area contributed by atoms with E-state index in [1.165, 1.54) is 59.3 Å². The van der Waals surface area contributed by atoms with Crippen LogP contribution in [0.1, 0.15) is 130 Å². The van der Waals surface area contributed by atoms with Gasteiger partial charge in [-0.1, -0.05) is 240 Å². The Labute approximate surface area is 402 Å². The van der Waals surface area contributed by atoms with Crippen LogP contribution in [-0.2, 0) is 14.1 Å². The average Bonchev–Trinajstić information content (AvgIpc) is 4.21. The molecule has 356 valence electrons. The van der Waals surface area contributed by atoms with Crippen LogP contribution in [0.2, 0.25) is 0 Å². The van der Waals surface area contributed by atoms with Crippen LogP contribution in [0.15, 0.2) is 168 Å². The number of furan rings is 1. The maximum atomic E-state index is 5.65.